The Morgan fingerprint density at radius 3 is 2.57 bits per heavy atom. The molecule has 1 amide bonds. The van der Waals surface area contributed by atoms with Crippen LogP contribution < -0.4 is 5.32 Å². The first-order chi connectivity index (χ1) is 10.8. The van der Waals surface area contributed by atoms with Crippen LogP contribution in [0.2, 0.25) is 0 Å². The van der Waals surface area contributed by atoms with E-state index in [0.29, 0.717) is 6.42 Å². The average molecular weight is 318 g/mol. The third-order valence-corrected chi connectivity index (χ3v) is 3.19. The molecule has 0 saturated heterocycles. The van der Waals surface area contributed by atoms with Crippen LogP contribution in [0.25, 0.3) is 10.9 Å². The molecular weight excluding hydrogens is 296 g/mol. The summed E-state index contributed by atoms with van der Waals surface area (Å²) in [5, 5.41) is 3.61. The quantitative estimate of drug-likeness (QED) is 0.850. The van der Waals surface area contributed by atoms with Gasteiger partial charge in [0.1, 0.15) is 11.6 Å². The number of esters is 1. The highest BCUT2D eigenvalue weighted by molar-refractivity contribution is 5.83. The van der Waals surface area contributed by atoms with Gasteiger partial charge in [-0.05, 0) is 38.3 Å². The highest BCUT2D eigenvalue weighted by Crippen LogP contribution is 2.16. The third kappa shape index (κ3) is 4.74. The van der Waals surface area contributed by atoms with Crippen LogP contribution in [0.15, 0.2) is 30.3 Å². The van der Waals surface area contributed by atoms with Gasteiger partial charge >= 0.3 is 12.1 Å². The lowest BCUT2D eigenvalue weighted by Crippen LogP contribution is -2.45. The Kier molecular flexibility index (Phi) is 4.93. The van der Waals surface area contributed by atoms with E-state index < -0.39 is 23.7 Å². The molecular formula is C17H22N2O4. The minimum absolute atomic E-state index is 0.292. The number of aromatic nitrogens is 1. The Morgan fingerprint density at radius 2 is 1.96 bits per heavy atom. The van der Waals surface area contributed by atoms with Gasteiger partial charge in [0.25, 0.3) is 0 Å². The van der Waals surface area contributed by atoms with E-state index in [4.69, 9.17) is 9.47 Å². The van der Waals surface area contributed by atoms with E-state index in [1.54, 1.807) is 20.8 Å². The number of H-pyrrole nitrogens is 1. The standard InChI is InChI=1S/C17H22N2O4/c1-17(2,3)23-16(21)19-14(15(20)22-4)10-12-9-11-7-5-6-8-13(11)18-12/h5-9,14,18H,10H2,1-4H3,(H,19,21)/t14-/m1/s1. The summed E-state index contributed by atoms with van der Waals surface area (Å²) in [7, 11) is 1.29. The molecule has 0 bridgehead atoms. The van der Waals surface area contributed by atoms with Gasteiger partial charge in [0.2, 0.25) is 0 Å². The number of alkyl carbamates (subject to hydrolysis) is 1. The number of nitrogens with one attached hydrogen (secondary N) is 2. The van der Waals surface area contributed by atoms with Gasteiger partial charge in [-0.2, -0.15) is 0 Å². The molecule has 6 nitrogen and oxygen atoms in total. The minimum atomic E-state index is -0.817. The van der Waals surface area contributed by atoms with Gasteiger partial charge in [-0.1, -0.05) is 18.2 Å². The molecule has 2 rings (SSSR count). The summed E-state index contributed by atoms with van der Waals surface area (Å²) in [4.78, 5) is 27.1. The Bertz CT molecular complexity index is 667. The van der Waals surface area contributed by atoms with Crippen LogP contribution in [0.3, 0.4) is 0 Å². The van der Waals surface area contributed by atoms with E-state index in [2.05, 4.69) is 10.3 Å². The number of para-hydroxylation sites is 1. The van der Waals surface area contributed by atoms with Crippen LogP contribution in [-0.4, -0.2) is 35.8 Å². The normalized spacial score (nSPS) is 12.7. The molecule has 0 saturated carbocycles. The van der Waals surface area contributed by atoms with Gasteiger partial charge in [-0.25, -0.2) is 9.59 Å². The molecule has 1 aromatic carbocycles. The number of carbonyl (C=O) groups excluding carboxylic acids is 2. The Labute approximate surface area is 135 Å². The van der Waals surface area contributed by atoms with Crippen molar-refractivity contribution in [2.24, 2.45) is 0 Å². The summed E-state index contributed by atoms with van der Waals surface area (Å²) in [6.07, 6.45) is -0.357. The van der Waals surface area contributed by atoms with E-state index in [-0.39, 0.29) is 0 Å². The van der Waals surface area contributed by atoms with Crippen molar-refractivity contribution in [3.8, 4) is 0 Å². The second-order valence-electron chi connectivity index (χ2n) is 6.31. The third-order valence-electron chi connectivity index (χ3n) is 3.19. The summed E-state index contributed by atoms with van der Waals surface area (Å²) in [6.45, 7) is 5.28. The predicted octanol–water partition coefficient (Wildman–Crippen LogP) is 2.78. The molecule has 0 aliphatic carbocycles. The Morgan fingerprint density at radius 1 is 1.26 bits per heavy atom. The number of fused-ring (bicyclic) bond motifs is 1. The van der Waals surface area contributed by atoms with Crippen LogP contribution in [0.1, 0.15) is 26.5 Å². The summed E-state index contributed by atoms with van der Waals surface area (Å²) in [5.41, 5.74) is 1.17. The second kappa shape index (κ2) is 6.73. The zero-order chi connectivity index (χ0) is 17.0. The SMILES string of the molecule is COC(=O)[C@@H](Cc1cc2ccccc2[nH]1)NC(=O)OC(C)(C)C. The highest BCUT2D eigenvalue weighted by atomic mass is 16.6. The molecule has 23 heavy (non-hydrogen) atoms. The van der Waals surface area contributed by atoms with Crippen molar-refractivity contribution >= 4 is 23.0 Å². The Hall–Kier alpha value is -2.50. The number of hydrogen-bond donors (Lipinski definition) is 2. The molecule has 0 fully saturated rings. The summed E-state index contributed by atoms with van der Waals surface area (Å²) in [6, 6.07) is 8.93. The lowest BCUT2D eigenvalue weighted by atomic mass is 10.1. The minimum Gasteiger partial charge on any atom is -0.467 e. The maximum Gasteiger partial charge on any atom is 0.408 e. The molecule has 0 unspecified atom stereocenters. The number of benzene rings is 1. The highest BCUT2D eigenvalue weighted by Gasteiger charge is 2.25. The smallest absolute Gasteiger partial charge is 0.408 e. The molecule has 124 valence electrons. The maximum atomic E-state index is 11.9. The lowest BCUT2D eigenvalue weighted by Gasteiger charge is -2.22. The maximum absolute atomic E-state index is 11.9. The van der Waals surface area contributed by atoms with Crippen molar-refractivity contribution in [3.63, 3.8) is 0 Å². The first-order valence-electron chi connectivity index (χ1n) is 7.42. The van der Waals surface area contributed by atoms with Crippen molar-refractivity contribution in [1.29, 1.82) is 0 Å². The molecule has 1 atom stereocenters. The van der Waals surface area contributed by atoms with E-state index >= 15 is 0 Å². The van der Waals surface area contributed by atoms with Gasteiger partial charge in [-0.3, -0.25) is 0 Å². The zero-order valence-electron chi connectivity index (χ0n) is 13.8. The summed E-state index contributed by atoms with van der Waals surface area (Å²) >= 11 is 0. The van der Waals surface area contributed by atoms with Gasteiger partial charge in [0, 0.05) is 17.6 Å². The predicted molar refractivity (Wildman–Crippen MR) is 87.2 cm³/mol. The fraction of sp³-hybridized carbons (Fsp3) is 0.412. The molecule has 0 aliphatic rings. The van der Waals surface area contributed by atoms with Crippen LogP contribution in [0, 0.1) is 0 Å². The van der Waals surface area contributed by atoms with Crippen molar-refractivity contribution < 1.29 is 19.1 Å². The van der Waals surface area contributed by atoms with Crippen molar-refractivity contribution in [2.45, 2.75) is 38.8 Å². The van der Waals surface area contributed by atoms with Gasteiger partial charge in [-0.15, -0.1) is 0 Å². The number of amides is 1. The first-order valence-corrected chi connectivity index (χ1v) is 7.42. The fourth-order valence-electron chi connectivity index (χ4n) is 2.25. The first kappa shape index (κ1) is 16.9. The van der Waals surface area contributed by atoms with Crippen molar-refractivity contribution in [1.82, 2.24) is 10.3 Å². The fourth-order valence-corrected chi connectivity index (χ4v) is 2.25. The van der Waals surface area contributed by atoms with E-state index in [9.17, 15) is 9.59 Å². The van der Waals surface area contributed by atoms with Gasteiger partial charge < -0.3 is 19.8 Å². The Balaban J connectivity index is 2.12. The zero-order valence-corrected chi connectivity index (χ0v) is 13.8. The molecule has 1 aromatic heterocycles. The molecule has 6 heteroatoms. The molecule has 0 radical (unpaired) electrons. The molecule has 0 spiro atoms. The summed E-state index contributed by atoms with van der Waals surface area (Å²) < 4.78 is 9.96. The number of rotatable bonds is 4. The number of ether oxygens (including phenoxy) is 2. The van der Waals surface area contributed by atoms with Crippen LogP contribution in [0.5, 0.6) is 0 Å². The van der Waals surface area contributed by atoms with Crippen LogP contribution in [-0.2, 0) is 20.7 Å². The van der Waals surface area contributed by atoms with Crippen molar-refractivity contribution in [2.75, 3.05) is 7.11 Å². The van der Waals surface area contributed by atoms with Gasteiger partial charge in [0.05, 0.1) is 7.11 Å². The number of methoxy groups -OCH3 is 1. The van der Waals surface area contributed by atoms with E-state index in [1.165, 1.54) is 7.11 Å². The topological polar surface area (TPSA) is 80.4 Å². The second-order valence-corrected chi connectivity index (χ2v) is 6.31. The largest absolute Gasteiger partial charge is 0.467 e. The monoisotopic (exact) mass is 318 g/mol. The molecule has 1 heterocycles. The molecule has 2 aromatic rings. The lowest BCUT2D eigenvalue weighted by molar-refractivity contribution is -0.143. The number of carbonyl (C=O) groups is 2. The van der Waals surface area contributed by atoms with Crippen LogP contribution >= 0.6 is 0 Å². The van der Waals surface area contributed by atoms with E-state index in [1.807, 2.05) is 30.3 Å². The van der Waals surface area contributed by atoms with Gasteiger partial charge in [0.15, 0.2) is 0 Å². The molecule has 2 N–H and O–H groups in total. The average Bonchev–Trinajstić information content (AvgIpc) is 2.86. The number of aromatic amines is 1. The van der Waals surface area contributed by atoms with E-state index in [0.717, 1.165) is 16.6 Å². The van der Waals surface area contributed by atoms with Crippen LogP contribution in [0.4, 0.5) is 4.79 Å². The number of hydrogen-bond acceptors (Lipinski definition) is 4. The summed E-state index contributed by atoms with van der Waals surface area (Å²) in [5.74, 6) is -0.519. The van der Waals surface area contributed by atoms with Crippen molar-refractivity contribution in [3.05, 3.63) is 36.0 Å². The molecule has 0 aliphatic heterocycles.